The number of rotatable bonds is 3. The third kappa shape index (κ3) is 2.69. The van der Waals surface area contributed by atoms with Crippen LogP contribution in [0.2, 0.25) is 0 Å². The van der Waals surface area contributed by atoms with Gasteiger partial charge in [-0.15, -0.1) is 0 Å². The Labute approximate surface area is 90.4 Å². The number of alkyl halides is 1. The summed E-state index contributed by atoms with van der Waals surface area (Å²) in [5.74, 6) is 1.76. The van der Waals surface area contributed by atoms with E-state index in [9.17, 15) is 0 Å². The van der Waals surface area contributed by atoms with Crippen molar-refractivity contribution in [3.05, 3.63) is 0 Å². The molecule has 0 aliphatic heterocycles. The Morgan fingerprint density at radius 2 is 1.92 bits per heavy atom. The predicted octanol–water partition coefficient (Wildman–Crippen LogP) is 3.61. The lowest BCUT2D eigenvalue weighted by Crippen LogP contribution is -2.38. The van der Waals surface area contributed by atoms with Gasteiger partial charge in [-0.1, -0.05) is 29.8 Å². The Bertz CT molecular complexity index is 142. The first-order valence-corrected chi connectivity index (χ1v) is 6.37. The monoisotopic (exact) mass is 248 g/mol. The normalized spacial score (nSPS) is 35.3. The van der Waals surface area contributed by atoms with E-state index >= 15 is 0 Å². The van der Waals surface area contributed by atoms with Crippen molar-refractivity contribution in [1.82, 2.24) is 0 Å². The molecule has 1 aliphatic rings. The van der Waals surface area contributed by atoms with Crippen LogP contribution in [0.3, 0.4) is 0 Å². The van der Waals surface area contributed by atoms with Gasteiger partial charge < -0.3 is 4.74 Å². The summed E-state index contributed by atoms with van der Waals surface area (Å²) in [6.07, 6.45) is 5.10. The molecule has 0 unspecified atom stereocenters. The van der Waals surface area contributed by atoms with Crippen LogP contribution in [0.4, 0.5) is 0 Å². The van der Waals surface area contributed by atoms with Crippen molar-refractivity contribution in [2.24, 2.45) is 11.8 Å². The largest absolute Gasteiger partial charge is 0.377 e. The first kappa shape index (κ1) is 11.5. The molecule has 1 saturated carbocycles. The second-order valence-electron chi connectivity index (χ2n) is 4.60. The molecule has 0 saturated heterocycles. The van der Waals surface area contributed by atoms with Gasteiger partial charge in [-0.2, -0.15) is 0 Å². The van der Waals surface area contributed by atoms with E-state index in [2.05, 4.69) is 29.8 Å². The van der Waals surface area contributed by atoms with Crippen LogP contribution in [0.5, 0.6) is 0 Å². The minimum atomic E-state index is 0.144. The highest BCUT2D eigenvalue weighted by atomic mass is 79.9. The lowest BCUT2D eigenvalue weighted by molar-refractivity contribution is -0.0332. The Morgan fingerprint density at radius 1 is 1.38 bits per heavy atom. The molecule has 1 rings (SSSR count). The molecule has 0 heterocycles. The summed E-state index contributed by atoms with van der Waals surface area (Å²) < 4.78 is 5.61. The van der Waals surface area contributed by atoms with Gasteiger partial charge in [-0.05, 0) is 37.5 Å². The third-order valence-electron chi connectivity index (χ3n) is 3.56. The number of halogens is 1. The van der Waals surface area contributed by atoms with Gasteiger partial charge in [0.2, 0.25) is 0 Å². The molecule has 1 fully saturated rings. The molecule has 0 aromatic carbocycles. The van der Waals surface area contributed by atoms with Gasteiger partial charge in [0.1, 0.15) is 0 Å². The smallest absolute Gasteiger partial charge is 0.0775 e. The van der Waals surface area contributed by atoms with Gasteiger partial charge in [-0.3, -0.25) is 0 Å². The van der Waals surface area contributed by atoms with Crippen LogP contribution in [0.1, 0.15) is 39.5 Å². The summed E-state index contributed by atoms with van der Waals surface area (Å²) in [6.45, 7) is 4.66. The van der Waals surface area contributed by atoms with Crippen LogP contribution in [0, 0.1) is 11.8 Å². The molecule has 0 N–H and O–H groups in total. The maximum absolute atomic E-state index is 5.61. The molecule has 0 spiro atoms. The quantitative estimate of drug-likeness (QED) is 0.694. The summed E-state index contributed by atoms with van der Waals surface area (Å²) in [5, 5.41) is 0.987. The fourth-order valence-electron chi connectivity index (χ4n) is 2.23. The molecule has 0 aromatic heterocycles. The van der Waals surface area contributed by atoms with Crippen LogP contribution >= 0.6 is 15.9 Å². The number of hydrogen-bond acceptors (Lipinski definition) is 1. The second kappa shape index (κ2) is 4.79. The van der Waals surface area contributed by atoms with Gasteiger partial charge in [0, 0.05) is 12.4 Å². The summed E-state index contributed by atoms with van der Waals surface area (Å²) >= 11 is 3.56. The van der Waals surface area contributed by atoms with E-state index in [4.69, 9.17) is 4.74 Å². The van der Waals surface area contributed by atoms with E-state index in [-0.39, 0.29) is 5.60 Å². The van der Waals surface area contributed by atoms with Crippen LogP contribution in [-0.4, -0.2) is 18.0 Å². The standard InChI is InChI=1S/C11H21BrO/c1-9(2)10-4-6-11(8-12,13-3)7-5-10/h9-10H,4-8H2,1-3H3. The van der Waals surface area contributed by atoms with Gasteiger partial charge in [0.25, 0.3) is 0 Å². The van der Waals surface area contributed by atoms with Crippen LogP contribution in [0.25, 0.3) is 0 Å². The number of hydrogen-bond donors (Lipinski definition) is 0. The van der Waals surface area contributed by atoms with Crippen LogP contribution in [0.15, 0.2) is 0 Å². The zero-order valence-corrected chi connectivity index (χ0v) is 10.6. The van der Waals surface area contributed by atoms with Crippen LogP contribution in [-0.2, 0) is 4.74 Å². The number of ether oxygens (including phenoxy) is 1. The van der Waals surface area contributed by atoms with Crippen molar-refractivity contribution in [3.63, 3.8) is 0 Å². The first-order valence-electron chi connectivity index (χ1n) is 5.24. The summed E-state index contributed by atoms with van der Waals surface area (Å²) in [7, 11) is 1.84. The molecule has 0 bridgehead atoms. The maximum Gasteiger partial charge on any atom is 0.0775 e. The highest BCUT2D eigenvalue weighted by molar-refractivity contribution is 9.09. The Balaban J connectivity index is 2.45. The zero-order valence-electron chi connectivity index (χ0n) is 8.98. The molecule has 1 nitrogen and oxygen atoms in total. The average Bonchev–Trinajstić information content (AvgIpc) is 2.18. The highest BCUT2D eigenvalue weighted by Crippen LogP contribution is 2.38. The minimum Gasteiger partial charge on any atom is -0.377 e. The molecule has 0 atom stereocenters. The van der Waals surface area contributed by atoms with Crippen molar-refractivity contribution >= 4 is 15.9 Å². The predicted molar refractivity (Wildman–Crippen MR) is 60.3 cm³/mol. The molecule has 1 aliphatic carbocycles. The van der Waals surface area contributed by atoms with Gasteiger partial charge >= 0.3 is 0 Å². The van der Waals surface area contributed by atoms with E-state index in [0.29, 0.717) is 0 Å². The Hall–Kier alpha value is 0.440. The fourth-order valence-corrected chi connectivity index (χ4v) is 3.01. The van der Waals surface area contributed by atoms with E-state index < -0.39 is 0 Å². The maximum atomic E-state index is 5.61. The molecular formula is C11H21BrO. The number of methoxy groups -OCH3 is 1. The van der Waals surface area contributed by atoms with Crippen molar-refractivity contribution in [2.75, 3.05) is 12.4 Å². The molecule has 2 heteroatoms. The lowest BCUT2D eigenvalue weighted by Gasteiger charge is -2.39. The lowest BCUT2D eigenvalue weighted by atomic mass is 9.75. The Kier molecular flexibility index (Phi) is 4.24. The van der Waals surface area contributed by atoms with E-state index in [1.54, 1.807) is 0 Å². The SMILES string of the molecule is COC1(CBr)CCC(C(C)C)CC1. The van der Waals surface area contributed by atoms with Gasteiger partial charge in [0.05, 0.1) is 5.60 Å². The molecule has 78 valence electrons. The molecule has 13 heavy (non-hydrogen) atoms. The molecular weight excluding hydrogens is 228 g/mol. The fraction of sp³-hybridized carbons (Fsp3) is 1.00. The van der Waals surface area contributed by atoms with E-state index in [0.717, 1.165) is 17.2 Å². The van der Waals surface area contributed by atoms with Crippen LogP contribution < -0.4 is 0 Å². The van der Waals surface area contributed by atoms with Crippen molar-refractivity contribution in [1.29, 1.82) is 0 Å². The van der Waals surface area contributed by atoms with Gasteiger partial charge in [0.15, 0.2) is 0 Å². The second-order valence-corrected chi connectivity index (χ2v) is 5.16. The zero-order chi connectivity index (χ0) is 9.90. The molecule has 0 amide bonds. The Morgan fingerprint density at radius 3 is 2.23 bits per heavy atom. The highest BCUT2D eigenvalue weighted by Gasteiger charge is 2.34. The van der Waals surface area contributed by atoms with Crippen molar-refractivity contribution < 1.29 is 4.74 Å². The van der Waals surface area contributed by atoms with E-state index in [1.807, 2.05) is 7.11 Å². The molecule has 0 radical (unpaired) electrons. The first-order chi connectivity index (χ1) is 6.13. The summed E-state index contributed by atoms with van der Waals surface area (Å²) in [5.41, 5.74) is 0.144. The minimum absolute atomic E-state index is 0.144. The third-order valence-corrected chi connectivity index (χ3v) is 4.58. The summed E-state index contributed by atoms with van der Waals surface area (Å²) in [4.78, 5) is 0. The summed E-state index contributed by atoms with van der Waals surface area (Å²) in [6, 6.07) is 0. The average molecular weight is 249 g/mol. The van der Waals surface area contributed by atoms with E-state index in [1.165, 1.54) is 25.7 Å². The van der Waals surface area contributed by atoms with Crippen molar-refractivity contribution in [3.8, 4) is 0 Å². The van der Waals surface area contributed by atoms with Gasteiger partial charge in [-0.25, -0.2) is 0 Å². The topological polar surface area (TPSA) is 9.23 Å². The molecule has 0 aromatic rings. The van der Waals surface area contributed by atoms with Crippen molar-refractivity contribution in [2.45, 2.75) is 45.1 Å².